The fourth-order valence-electron chi connectivity index (χ4n) is 2.61. The van der Waals surface area contributed by atoms with Gasteiger partial charge in [-0.2, -0.15) is 0 Å². The van der Waals surface area contributed by atoms with Crippen molar-refractivity contribution in [2.75, 3.05) is 6.54 Å². The first-order valence-electron chi connectivity index (χ1n) is 7.05. The predicted molar refractivity (Wildman–Crippen MR) is 82.5 cm³/mol. The minimum atomic E-state index is 0.394. The first-order chi connectivity index (χ1) is 9.22. The lowest BCUT2D eigenvalue weighted by Gasteiger charge is -2.21. The molecule has 0 saturated carbocycles. The third kappa shape index (κ3) is 3.45. The summed E-state index contributed by atoms with van der Waals surface area (Å²) in [6.07, 6.45) is 1.05. The van der Waals surface area contributed by atoms with E-state index in [0.29, 0.717) is 6.04 Å². The lowest BCUT2D eigenvalue weighted by atomic mass is 9.93. The highest BCUT2D eigenvalue weighted by molar-refractivity contribution is 5.35. The quantitative estimate of drug-likeness (QED) is 0.842. The molecule has 0 bridgehead atoms. The molecule has 1 atom stereocenters. The Morgan fingerprint density at radius 2 is 1.53 bits per heavy atom. The number of likely N-dealkylation sites (N-methyl/N-ethyl adjacent to an activating group) is 1. The smallest absolute Gasteiger partial charge is 0.0360 e. The largest absolute Gasteiger partial charge is 0.310 e. The Bertz CT molecular complexity index is 496. The number of benzene rings is 2. The highest BCUT2D eigenvalue weighted by Gasteiger charge is 2.13. The van der Waals surface area contributed by atoms with Crippen LogP contribution in [0.1, 0.15) is 35.2 Å². The molecule has 0 aromatic heterocycles. The van der Waals surface area contributed by atoms with Gasteiger partial charge in [0.1, 0.15) is 0 Å². The summed E-state index contributed by atoms with van der Waals surface area (Å²) in [5.74, 6) is 0. The second-order valence-corrected chi connectivity index (χ2v) is 5.10. The Hall–Kier alpha value is -1.60. The van der Waals surface area contributed by atoms with Gasteiger partial charge >= 0.3 is 0 Å². The molecule has 1 unspecified atom stereocenters. The summed E-state index contributed by atoms with van der Waals surface area (Å²) in [6, 6.07) is 17.7. The lowest BCUT2D eigenvalue weighted by molar-refractivity contribution is 0.547. The van der Waals surface area contributed by atoms with Crippen molar-refractivity contribution in [1.82, 2.24) is 5.32 Å². The highest BCUT2D eigenvalue weighted by atomic mass is 14.9. The molecule has 0 radical (unpaired) electrons. The van der Waals surface area contributed by atoms with Crippen LogP contribution in [0.2, 0.25) is 0 Å². The number of aryl methyl sites for hydroxylation is 2. The van der Waals surface area contributed by atoms with Crippen molar-refractivity contribution in [2.45, 2.75) is 33.2 Å². The lowest BCUT2D eigenvalue weighted by Crippen LogP contribution is -2.23. The molecular formula is C18H23N. The maximum absolute atomic E-state index is 3.60. The van der Waals surface area contributed by atoms with Gasteiger partial charge in [-0.3, -0.25) is 0 Å². The van der Waals surface area contributed by atoms with Gasteiger partial charge in [-0.1, -0.05) is 55.5 Å². The second-order valence-electron chi connectivity index (χ2n) is 5.10. The highest BCUT2D eigenvalue weighted by Crippen LogP contribution is 2.22. The maximum atomic E-state index is 3.60. The summed E-state index contributed by atoms with van der Waals surface area (Å²) in [5, 5.41) is 3.60. The van der Waals surface area contributed by atoms with Crippen molar-refractivity contribution >= 4 is 0 Å². The van der Waals surface area contributed by atoms with Crippen molar-refractivity contribution < 1.29 is 0 Å². The van der Waals surface area contributed by atoms with Gasteiger partial charge in [0.15, 0.2) is 0 Å². The zero-order chi connectivity index (χ0) is 13.7. The molecule has 0 amide bonds. The fraction of sp³-hybridized carbons (Fsp3) is 0.333. The molecule has 0 fully saturated rings. The van der Waals surface area contributed by atoms with Crippen molar-refractivity contribution in [2.24, 2.45) is 0 Å². The summed E-state index contributed by atoms with van der Waals surface area (Å²) < 4.78 is 0. The topological polar surface area (TPSA) is 12.0 Å². The van der Waals surface area contributed by atoms with Crippen LogP contribution >= 0.6 is 0 Å². The van der Waals surface area contributed by atoms with E-state index in [1.807, 2.05) is 0 Å². The van der Waals surface area contributed by atoms with E-state index in [0.717, 1.165) is 13.0 Å². The van der Waals surface area contributed by atoms with Gasteiger partial charge in [0.05, 0.1) is 0 Å². The van der Waals surface area contributed by atoms with Crippen LogP contribution in [0.15, 0.2) is 48.5 Å². The maximum Gasteiger partial charge on any atom is 0.0360 e. The van der Waals surface area contributed by atoms with Gasteiger partial charge in [-0.25, -0.2) is 0 Å². The van der Waals surface area contributed by atoms with Crippen LogP contribution in [-0.2, 0) is 6.42 Å². The van der Waals surface area contributed by atoms with Crippen LogP contribution in [0, 0.1) is 13.8 Å². The molecule has 2 aromatic rings. The standard InChI is InChI=1S/C18H23N/c1-4-19-18(16-11-6-5-7-12-16)13-17-14(2)9-8-10-15(17)3/h5-12,18-19H,4,13H2,1-3H3. The Balaban J connectivity index is 2.27. The van der Waals surface area contributed by atoms with Crippen LogP contribution in [0.4, 0.5) is 0 Å². The second kappa shape index (κ2) is 6.53. The SMILES string of the molecule is CCNC(Cc1c(C)cccc1C)c1ccccc1. The molecule has 0 heterocycles. The van der Waals surface area contributed by atoms with Crippen molar-refractivity contribution in [3.8, 4) is 0 Å². The molecule has 0 aliphatic carbocycles. The average Bonchev–Trinajstić information content (AvgIpc) is 2.43. The van der Waals surface area contributed by atoms with Gasteiger partial charge in [-0.05, 0) is 49.1 Å². The molecule has 0 aliphatic rings. The van der Waals surface area contributed by atoms with Crippen LogP contribution in [0.3, 0.4) is 0 Å². The van der Waals surface area contributed by atoms with Gasteiger partial charge in [0, 0.05) is 6.04 Å². The molecular weight excluding hydrogens is 230 g/mol. The molecule has 1 nitrogen and oxygen atoms in total. The number of nitrogens with one attached hydrogen (secondary N) is 1. The summed E-state index contributed by atoms with van der Waals surface area (Å²) in [7, 11) is 0. The number of hydrogen-bond donors (Lipinski definition) is 1. The minimum absolute atomic E-state index is 0.394. The van der Waals surface area contributed by atoms with E-state index in [-0.39, 0.29) is 0 Å². The van der Waals surface area contributed by atoms with Crippen molar-refractivity contribution in [3.05, 3.63) is 70.8 Å². The van der Waals surface area contributed by atoms with E-state index in [1.165, 1.54) is 22.3 Å². The van der Waals surface area contributed by atoms with Crippen molar-refractivity contribution in [3.63, 3.8) is 0 Å². The first kappa shape index (κ1) is 13.8. The van der Waals surface area contributed by atoms with Crippen LogP contribution < -0.4 is 5.32 Å². The molecule has 19 heavy (non-hydrogen) atoms. The molecule has 0 saturated heterocycles. The van der Waals surface area contributed by atoms with Crippen LogP contribution in [0.5, 0.6) is 0 Å². The molecule has 1 N–H and O–H groups in total. The zero-order valence-corrected chi connectivity index (χ0v) is 12.1. The fourth-order valence-corrected chi connectivity index (χ4v) is 2.61. The monoisotopic (exact) mass is 253 g/mol. The number of hydrogen-bond acceptors (Lipinski definition) is 1. The Morgan fingerprint density at radius 3 is 2.11 bits per heavy atom. The Labute approximate surface area is 116 Å². The number of rotatable bonds is 5. The summed E-state index contributed by atoms with van der Waals surface area (Å²) in [5.41, 5.74) is 5.61. The van der Waals surface area contributed by atoms with E-state index >= 15 is 0 Å². The third-order valence-corrected chi connectivity index (χ3v) is 3.71. The summed E-state index contributed by atoms with van der Waals surface area (Å²) in [6.45, 7) is 7.57. The molecule has 2 aromatic carbocycles. The average molecular weight is 253 g/mol. The summed E-state index contributed by atoms with van der Waals surface area (Å²) in [4.78, 5) is 0. The predicted octanol–water partition coefficient (Wildman–Crippen LogP) is 4.20. The minimum Gasteiger partial charge on any atom is -0.310 e. The Kier molecular flexibility index (Phi) is 4.75. The molecule has 2 rings (SSSR count). The summed E-state index contributed by atoms with van der Waals surface area (Å²) >= 11 is 0. The van der Waals surface area contributed by atoms with E-state index in [4.69, 9.17) is 0 Å². The molecule has 1 heteroatoms. The van der Waals surface area contributed by atoms with Gasteiger partial charge in [0.2, 0.25) is 0 Å². The third-order valence-electron chi connectivity index (χ3n) is 3.71. The zero-order valence-electron chi connectivity index (χ0n) is 12.1. The van der Waals surface area contributed by atoms with Gasteiger partial charge in [0.25, 0.3) is 0 Å². The van der Waals surface area contributed by atoms with Crippen LogP contribution in [-0.4, -0.2) is 6.54 Å². The van der Waals surface area contributed by atoms with Gasteiger partial charge < -0.3 is 5.32 Å². The molecule has 0 spiro atoms. The van der Waals surface area contributed by atoms with Crippen LogP contribution in [0.25, 0.3) is 0 Å². The van der Waals surface area contributed by atoms with Gasteiger partial charge in [-0.15, -0.1) is 0 Å². The van der Waals surface area contributed by atoms with E-state index in [1.54, 1.807) is 0 Å². The molecule has 100 valence electrons. The van der Waals surface area contributed by atoms with Crippen molar-refractivity contribution in [1.29, 1.82) is 0 Å². The molecule has 0 aliphatic heterocycles. The Morgan fingerprint density at radius 1 is 0.895 bits per heavy atom. The van der Waals surface area contributed by atoms with E-state index in [9.17, 15) is 0 Å². The first-order valence-corrected chi connectivity index (χ1v) is 7.05. The van der Waals surface area contributed by atoms with E-state index < -0.39 is 0 Å². The normalized spacial score (nSPS) is 12.4. The van der Waals surface area contributed by atoms with E-state index in [2.05, 4.69) is 74.6 Å².